The second-order valence-electron chi connectivity index (χ2n) is 5.56. The Labute approximate surface area is 113 Å². The van der Waals surface area contributed by atoms with Crippen molar-refractivity contribution in [3.8, 4) is 6.07 Å². The van der Waals surface area contributed by atoms with E-state index in [1.54, 1.807) is 0 Å². The maximum Gasteiger partial charge on any atom is 0.125 e. The maximum absolute atomic E-state index is 9.59. The van der Waals surface area contributed by atoms with Crippen molar-refractivity contribution in [3.63, 3.8) is 0 Å². The first-order valence-electron chi connectivity index (χ1n) is 6.99. The summed E-state index contributed by atoms with van der Waals surface area (Å²) in [6, 6.07) is 10.6. The minimum absolute atomic E-state index is 0.126. The molecular weight excluding hydrogens is 234 g/mol. The first-order valence-corrected chi connectivity index (χ1v) is 6.99. The van der Waals surface area contributed by atoms with E-state index in [1.807, 2.05) is 18.3 Å². The van der Waals surface area contributed by atoms with E-state index in [1.165, 1.54) is 18.2 Å². The maximum atomic E-state index is 9.59. The molecule has 1 saturated heterocycles. The average Bonchev–Trinajstić information content (AvgIpc) is 2.84. The molecule has 0 bridgehead atoms. The summed E-state index contributed by atoms with van der Waals surface area (Å²) >= 11 is 0. The van der Waals surface area contributed by atoms with Gasteiger partial charge in [-0.15, -0.1) is 0 Å². The van der Waals surface area contributed by atoms with Gasteiger partial charge in [0, 0.05) is 29.2 Å². The lowest BCUT2D eigenvalue weighted by atomic mass is 9.96. The number of hydrogen-bond acceptors (Lipinski definition) is 2. The summed E-state index contributed by atoms with van der Waals surface area (Å²) in [5, 5.41) is 10.8. The fourth-order valence-corrected chi connectivity index (χ4v) is 3.13. The van der Waals surface area contributed by atoms with Crippen molar-refractivity contribution in [2.45, 2.75) is 25.8 Å². The first kappa shape index (κ1) is 12.3. The summed E-state index contributed by atoms with van der Waals surface area (Å²) in [5.74, 6) is 0.690. The van der Waals surface area contributed by atoms with E-state index < -0.39 is 0 Å². The number of nitrogens with zero attached hydrogens (tertiary/aromatic N) is 2. The lowest BCUT2D eigenvalue weighted by molar-refractivity contribution is 0.157. The van der Waals surface area contributed by atoms with Crippen LogP contribution in [0.5, 0.6) is 0 Å². The van der Waals surface area contributed by atoms with Crippen molar-refractivity contribution in [2.24, 2.45) is 5.92 Å². The average molecular weight is 253 g/mol. The number of para-hydroxylation sites is 1. The van der Waals surface area contributed by atoms with E-state index >= 15 is 0 Å². The third-order valence-electron chi connectivity index (χ3n) is 4.09. The summed E-state index contributed by atoms with van der Waals surface area (Å²) in [7, 11) is 0. The molecule has 2 unspecified atom stereocenters. The quantitative estimate of drug-likeness (QED) is 0.890. The highest BCUT2D eigenvalue weighted by atomic mass is 15.2. The van der Waals surface area contributed by atoms with Crippen LogP contribution in [-0.4, -0.2) is 23.0 Å². The summed E-state index contributed by atoms with van der Waals surface area (Å²) in [4.78, 5) is 5.60. The molecule has 1 fully saturated rings. The van der Waals surface area contributed by atoms with E-state index in [0.717, 1.165) is 24.2 Å². The predicted molar refractivity (Wildman–Crippen MR) is 76.6 cm³/mol. The second-order valence-corrected chi connectivity index (χ2v) is 5.56. The van der Waals surface area contributed by atoms with E-state index in [2.05, 4.69) is 35.0 Å². The first-order chi connectivity index (χ1) is 9.29. The number of nitrogens with one attached hydrogen (secondary N) is 1. The molecule has 19 heavy (non-hydrogen) atoms. The van der Waals surface area contributed by atoms with Gasteiger partial charge in [-0.25, -0.2) is 0 Å². The highest BCUT2D eigenvalue weighted by Gasteiger charge is 2.26. The number of piperidine rings is 1. The van der Waals surface area contributed by atoms with Gasteiger partial charge in [-0.3, -0.25) is 4.90 Å². The topological polar surface area (TPSA) is 42.8 Å². The summed E-state index contributed by atoms with van der Waals surface area (Å²) in [6.45, 7) is 4.33. The molecule has 3 heteroatoms. The van der Waals surface area contributed by atoms with Gasteiger partial charge in [0.25, 0.3) is 0 Å². The van der Waals surface area contributed by atoms with Crippen LogP contribution in [0.1, 0.15) is 31.4 Å². The Balaban J connectivity index is 1.96. The Morgan fingerprint density at radius 3 is 3.05 bits per heavy atom. The van der Waals surface area contributed by atoms with Crippen LogP contribution in [0.3, 0.4) is 0 Å². The number of benzene rings is 1. The van der Waals surface area contributed by atoms with Crippen molar-refractivity contribution in [3.05, 3.63) is 36.0 Å². The smallest absolute Gasteiger partial charge is 0.125 e. The summed E-state index contributed by atoms with van der Waals surface area (Å²) < 4.78 is 0. The van der Waals surface area contributed by atoms with E-state index in [0.29, 0.717) is 5.92 Å². The molecule has 1 aliphatic heterocycles. The third-order valence-corrected chi connectivity index (χ3v) is 4.09. The molecule has 2 heterocycles. The molecule has 3 nitrogen and oxygen atoms in total. The highest BCUT2D eigenvalue weighted by Crippen LogP contribution is 2.30. The lowest BCUT2D eigenvalue weighted by Gasteiger charge is -2.33. The van der Waals surface area contributed by atoms with E-state index in [4.69, 9.17) is 0 Å². The predicted octanol–water partition coefficient (Wildman–Crippen LogP) is 3.46. The zero-order valence-electron chi connectivity index (χ0n) is 11.3. The number of aromatic amines is 1. The Morgan fingerprint density at radius 2 is 2.26 bits per heavy atom. The minimum Gasteiger partial charge on any atom is -0.361 e. The number of likely N-dealkylation sites (tertiary alicyclic amines) is 1. The normalized spacial score (nSPS) is 22.2. The minimum atomic E-state index is -0.126. The van der Waals surface area contributed by atoms with E-state index in [-0.39, 0.29) is 6.04 Å². The van der Waals surface area contributed by atoms with Gasteiger partial charge in [0.05, 0.1) is 6.07 Å². The second kappa shape index (κ2) is 5.07. The number of hydrogen-bond donors (Lipinski definition) is 1. The van der Waals surface area contributed by atoms with Crippen molar-refractivity contribution in [1.82, 2.24) is 9.88 Å². The van der Waals surface area contributed by atoms with Gasteiger partial charge in [0.15, 0.2) is 0 Å². The van der Waals surface area contributed by atoms with Gasteiger partial charge in [-0.2, -0.15) is 5.26 Å². The highest BCUT2D eigenvalue weighted by molar-refractivity contribution is 5.83. The number of H-pyrrole nitrogens is 1. The number of nitriles is 1. The van der Waals surface area contributed by atoms with Crippen LogP contribution in [-0.2, 0) is 0 Å². The number of aromatic nitrogens is 1. The number of fused-ring (bicyclic) bond motifs is 1. The van der Waals surface area contributed by atoms with Gasteiger partial charge in [-0.1, -0.05) is 25.1 Å². The molecular formula is C16H19N3. The van der Waals surface area contributed by atoms with Crippen LogP contribution in [0.4, 0.5) is 0 Å². The van der Waals surface area contributed by atoms with Crippen LogP contribution in [0.2, 0.25) is 0 Å². The molecule has 1 N–H and O–H groups in total. The Morgan fingerprint density at radius 1 is 1.42 bits per heavy atom. The molecule has 2 aromatic rings. The van der Waals surface area contributed by atoms with Crippen molar-refractivity contribution >= 4 is 10.9 Å². The molecule has 3 rings (SSSR count). The summed E-state index contributed by atoms with van der Waals surface area (Å²) in [6.07, 6.45) is 4.47. The molecule has 0 amide bonds. The third kappa shape index (κ3) is 2.24. The fourth-order valence-electron chi connectivity index (χ4n) is 3.13. The monoisotopic (exact) mass is 253 g/mol. The standard InChI is InChI=1S/C16H19N3/c1-12-5-4-8-19(11-12)16(9-17)14-10-18-15-7-3-2-6-13(14)15/h2-3,6-7,10,12,16,18H,4-5,8,11H2,1H3. The van der Waals surface area contributed by atoms with Crippen LogP contribution in [0.25, 0.3) is 10.9 Å². The van der Waals surface area contributed by atoms with E-state index in [9.17, 15) is 5.26 Å². The van der Waals surface area contributed by atoms with Crippen LogP contribution >= 0.6 is 0 Å². The largest absolute Gasteiger partial charge is 0.361 e. The molecule has 1 aliphatic rings. The lowest BCUT2D eigenvalue weighted by Crippen LogP contribution is -2.36. The zero-order chi connectivity index (χ0) is 13.2. The summed E-state index contributed by atoms with van der Waals surface area (Å²) in [5.41, 5.74) is 2.23. The Bertz CT molecular complexity index is 608. The Hall–Kier alpha value is -1.79. The molecule has 0 radical (unpaired) electrons. The molecule has 98 valence electrons. The van der Waals surface area contributed by atoms with Gasteiger partial charge in [0.2, 0.25) is 0 Å². The number of rotatable bonds is 2. The SMILES string of the molecule is CC1CCCN(C(C#N)c2c[nH]c3ccccc23)C1. The zero-order valence-corrected chi connectivity index (χ0v) is 11.3. The molecule has 2 atom stereocenters. The molecule has 0 spiro atoms. The van der Waals surface area contributed by atoms with Gasteiger partial charge >= 0.3 is 0 Å². The van der Waals surface area contributed by atoms with Crippen molar-refractivity contribution in [2.75, 3.05) is 13.1 Å². The molecule has 1 aromatic heterocycles. The molecule has 1 aromatic carbocycles. The van der Waals surface area contributed by atoms with Gasteiger partial charge in [0.1, 0.15) is 6.04 Å². The van der Waals surface area contributed by atoms with Crippen LogP contribution in [0.15, 0.2) is 30.5 Å². The Kier molecular flexibility index (Phi) is 3.27. The van der Waals surface area contributed by atoms with Crippen molar-refractivity contribution in [1.29, 1.82) is 5.26 Å². The van der Waals surface area contributed by atoms with Gasteiger partial charge in [-0.05, 0) is 31.4 Å². The van der Waals surface area contributed by atoms with Gasteiger partial charge < -0.3 is 4.98 Å². The van der Waals surface area contributed by atoms with Crippen molar-refractivity contribution < 1.29 is 0 Å². The molecule has 0 aliphatic carbocycles. The fraction of sp³-hybridized carbons (Fsp3) is 0.438. The van der Waals surface area contributed by atoms with Crippen LogP contribution < -0.4 is 0 Å². The molecule has 0 saturated carbocycles. The van der Waals surface area contributed by atoms with Crippen LogP contribution in [0, 0.1) is 17.2 Å².